The van der Waals surface area contributed by atoms with Gasteiger partial charge in [0, 0.05) is 16.6 Å². The maximum atomic E-state index is 13.6. The molecule has 3 rings (SSSR count). The van der Waals surface area contributed by atoms with Crippen LogP contribution in [0.1, 0.15) is 35.8 Å². The summed E-state index contributed by atoms with van der Waals surface area (Å²) in [6.07, 6.45) is 2.11. The molecule has 2 N–H and O–H groups in total. The van der Waals surface area contributed by atoms with Crippen LogP contribution in [0.3, 0.4) is 0 Å². The van der Waals surface area contributed by atoms with Crippen molar-refractivity contribution in [3.8, 4) is 0 Å². The van der Waals surface area contributed by atoms with Crippen molar-refractivity contribution >= 4 is 16.9 Å². The lowest BCUT2D eigenvalue weighted by Gasteiger charge is -2.22. The van der Waals surface area contributed by atoms with Crippen LogP contribution < -0.4 is 5.32 Å². The lowest BCUT2D eigenvalue weighted by atomic mass is 9.96. The average Bonchev–Trinajstić information content (AvgIpc) is 3.04. The molecule has 2 heterocycles. The van der Waals surface area contributed by atoms with Crippen LogP contribution in [0.2, 0.25) is 0 Å². The van der Waals surface area contributed by atoms with Crippen molar-refractivity contribution in [1.29, 1.82) is 0 Å². The zero-order valence-electron chi connectivity index (χ0n) is 11.5. The summed E-state index contributed by atoms with van der Waals surface area (Å²) in [7, 11) is 1.30. The Bertz CT molecular complexity index is 672. The molecule has 0 saturated carbocycles. The van der Waals surface area contributed by atoms with Gasteiger partial charge in [0.15, 0.2) is 0 Å². The molecule has 20 heavy (non-hydrogen) atoms. The SMILES string of the molecule is COC(=O)c1cc(F)cc2[nH]c([C@@]3(C)CCCN3)cc12. The van der Waals surface area contributed by atoms with E-state index in [0.717, 1.165) is 25.1 Å². The third-order valence-electron chi connectivity index (χ3n) is 4.07. The Morgan fingerprint density at radius 2 is 2.20 bits per heavy atom. The van der Waals surface area contributed by atoms with E-state index in [4.69, 9.17) is 4.74 Å². The second kappa shape index (κ2) is 4.59. The van der Waals surface area contributed by atoms with E-state index in [2.05, 4.69) is 17.2 Å². The highest BCUT2D eigenvalue weighted by Crippen LogP contribution is 2.33. The molecule has 5 heteroatoms. The number of hydrogen-bond donors (Lipinski definition) is 2. The summed E-state index contributed by atoms with van der Waals surface area (Å²) in [4.78, 5) is 15.0. The van der Waals surface area contributed by atoms with Crippen molar-refractivity contribution in [3.63, 3.8) is 0 Å². The Kier molecular flexibility index (Phi) is 3.01. The van der Waals surface area contributed by atoms with E-state index < -0.39 is 11.8 Å². The molecule has 0 radical (unpaired) electrons. The van der Waals surface area contributed by atoms with E-state index in [1.807, 2.05) is 6.07 Å². The fourth-order valence-corrected chi connectivity index (χ4v) is 2.90. The van der Waals surface area contributed by atoms with Gasteiger partial charge in [-0.25, -0.2) is 9.18 Å². The number of halogens is 1. The Labute approximate surface area is 116 Å². The van der Waals surface area contributed by atoms with Crippen molar-refractivity contribution in [3.05, 3.63) is 35.3 Å². The minimum atomic E-state index is -0.524. The zero-order chi connectivity index (χ0) is 14.3. The van der Waals surface area contributed by atoms with Gasteiger partial charge in [0.2, 0.25) is 0 Å². The Hall–Kier alpha value is -1.88. The average molecular weight is 276 g/mol. The number of hydrogen-bond acceptors (Lipinski definition) is 3. The topological polar surface area (TPSA) is 54.1 Å². The summed E-state index contributed by atoms with van der Waals surface area (Å²) in [6.45, 7) is 3.07. The smallest absolute Gasteiger partial charge is 0.338 e. The first kappa shape index (κ1) is 13.1. The van der Waals surface area contributed by atoms with Gasteiger partial charge in [-0.1, -0.05) is 0 Å². The maximum Gasteiger partial charge on any atom is 0.338 e. The molecule has 1 atom stereocenters. The van der Waals surface area contributed by atoms with Gasteiger partial charge < -0.3 is 15.0 Å². The Morgan fingerprint density at radius 3 is 2.85 bits per heavy atom. The number of fused-ring (bicyclic) bond motifs is 1. The van der Waals surface area contributed by atoms with Crippen molar-refractivity contribution < 1.29 is 13.9 Å². The minimum Gasteiger partial charge on any atom is -0.465 e. The van der Waals surface area contributed by atoms with Crippen LogP contribution in [0.4, 0.5) is 4.39 Å². The molecule has 2 aromatic rings. The fraction of sp³-hybridized carbons (Fsp3) is 0.400. The third kappa shape index (κ3) is 1.98. The van der Waals surface area contributed by atoms with Gasteiger partial charge in [-0.3, -0.25) is 0 Å². The first-order valence-electron chi connectivity index (χ1n) is 6.69. The van der Waals surface area contributed by atoms with Crippen molar-refractivity contribution in [2.24, 2.45) is 0 Å². The van der Waals surface area contributed by atoms with Crippen molar-refractivity contribution in [2.75, 3.05) is 13.7 Å². The molecule has 0 spiro atoms. The second-order valence-electron chi connectivity index (χ2n) is 5.45. The van der Waals surface area contributed by atoms with Crippen LogP contribution in [-0.2, 0) is 10.3 Å². The van der Waals surface area contributed by atoms with Gasteiger partial charge >= 0.3 is 5.97 Å². The second-order valence-corrected chi connectivity index (χ2v) is 5.45. The Morgan fingerprint density at radius 1 is 1.40 bits per heavy atom. The van der Waals surface area contributed by atoms with E-state index in [1.54, 1.807) is 0 Å². The molecule has 1 aliphatic heterocycles. The van der Waals surface area contributed by atoms with Gasteiger partial charge in [0.1, 0.15) is 5.82 Å². The maximum absolute atomic E-state index is 13.6. The molecule has 1 aromatic carbocycles. The molecule has 0 aliphatic carbocycles. The normalized spacial score (nSPS) is 22.4. The molecular weight excluding hydrogens is 259 g/mol. The van der Waals surface area contributed by atoms with Crippen molar-refractivity contribution in [1.82, 2.24) is 10.3 Å². The number of aromatic amines is 1. The van der Waals surface area contributed by atoms with Gasteiger partial charge in [-0.15, -0.1) is 0 Å². The van der Waals surface area contributed by atoms with Gasteiger partial charge in [0.25, 0.3) is 0 Å². The Balaban J connectivity index is 2.17. The highest BCUT2D eigenvalue weighted by molar-refractivity contribution is 6.04. The van der Waals surface area contributed by atoms with Gasteiger partial charge in [0.05, 0.1) is 18.2 Å². The van der Waals surface area contributed by atoms with Crippen LogP contribution in [0.15, 0.2) is 18.2 Å². The van der Waals surface area contributed by atoms with Crippen LogP contribution >= 0.6 is 0 Å². The monoisotopic (exact) mass is 276 g/mol. The molecule has 106 valence electrons. The predicted octanol–water partition coefficient (Wildman–Crippen LogP) is 2.69. The lowest BCUT2D eigenvalue weighted by Crippen LogP contribution is -2.33. The summed E-state index contributed by atoms with van der Waals surface area (Å²) in [5, 5.41) is 4.14. The number of ether oxygens (including phenoxy) is 1. The minimum absolute atomic E-state index is 0.150. The fourth-order valence-electron chi connectivity index (χ4n) is 2.90. The summed E-state index contributed by atoms with van der Waals surface area (Å²) < 4.78 is 18.4. The molecule has 1 saturated heterocycles. The first-order chi connectivity index (χ1) is 9.53. The number of H-pyrrole nitrogens is 1. The summed E-state index contributed by atoms with van der Waals surface area (Å²) in [5.74, 6) is -0.972. The standard InChI is InChI=1S/C15H17FN2O2/c1-15(4-3-5-17-15)13-8-10-11(14(19)20-2)6-9(16)7-12(10)18-13/h6-8,17-18H,3-5H2,1-2H3/t15-/m1/s1. The number of methoxy groups -OCH3 is 1. The zero-order valence-corrected chi connectivity index (χ0v) is 11.5. The van der Waals surface area contributed by atoms with Crippen molar-refractivity contribution in [2.45, 2.75) is 25.3 Å². The van der Waals surface area contributed by atoms with E-state index in [1.165, 1.54) is 19.2 Å². The molecule has 1 aliphatic rings. The van der Waals surface area contributed by atoms with Crippen LogP contribution in [-0.4, -0.2) is 24.6 Å². The quantitative estimate of drug-likeness (QED) is 0.829. The van der Waals surface area contributed by atoms with Gasteiger partial charge in [-0.2, -0.15) is 0 Å². The number of carbonyl (C=O) groups excluding carboxylic acids is 1. The number of benzene rings is 1. The van der Waals surface area contributed by atoms with Gasteiger partial charge in [-0.05, 0) is 44.5 Å². The molecule has 4 nitrogen and oxygen atoms in total. The highest BCUT2D eigenvalue weighted by atomic mass is 19.1. The van der Waals surface area contributed by atoms with E-state index >= 15 is 0 Å². The van der Waals surface area contributed by atoms with Crippen LogP contribution in [0.25, 0.3) is 10.9 Å². The lowest BCUT2D eigenvalue weighted by molar-refractivity contribution is 0.0602. The molecule has 0 unspecified atom stereocenters. The number of aromatic nitrogens is 1. The number of nitrogens with one attached hydrogen (secondary N) is 2. The number of esters is 1. The number of rotatable bonds is 2. The molecule has 0 amide bonds. The summed E-state index contributed by atoms with van der Waals surface area (Å²) in [5.41, 5.74) is 1.70. The molecule has 1 fully saturated rings. The summed E-state index contributed by atoms with van der Waals surface area (Å²) in [6, 6.07) is 4.54. The van der Waals surface area contributed by atoms with Crippen LogP contribution in [0.5, 0.6) is 0 Å². The molecule has 0 bridgehead atoms. The summed E-state index contributed by atoms with van der Waals surface area (Å²) >= 11 is 0. The first-order valence-corrected chi connectivity index (χ1v) is 6.69. The largest absolute Gasteiger partial charge is 0.465 e. The van der Waals surface area contributed by atoms with E-state index in [9.17, 15) is 9.18 Å². The number of carbonyl (C=O) groups is 1. The van der Waals surface area contributed by atoms with Crippen LogP contribution in [0, 0.1) is 5.82 Å². The molecular formula is C15H17FN2O2. The predicted molar refractivity (Wildman–Crippen MR) is 74.2 cm³/mol. The van der Waals surface area contributed by atoms with E-state index in [-0.39, 0.29) is 11.1 Å². The highest BCUT2D eigenvalue weighted by Gasteiger charge is 2.32. The van der Waals surface area contributed by atoms with E-state index in [0.29, 0.717) is 10.9 Å². The third-order valence-corrected chi connectivity index (χ3v) is 4.07. The molecule has 1 aromatic heterocycles.